The van der Waals surface area contributed by atoms with Crippen LogP contribution < -0.4 is 5.32 Å². The van der Waals surface area contributed by atoms with Gasteiger partial charge >= 0.3 is 0 Å². The van der Waals surface area contributed by atoms with Crippen LogP contribution in [0.3, 0.4) is 0 Å². The molecule has 1 aliphatic carbocycles. The van der Waals surface area contributed by atoms with Gasteiger partial charge in [0.05, 0.1) is 19.8 Å². The van der Waals surface area contributed by atoms with Crippen molar-refractivity contribution in [1.82, 2.24) is 5.32 Å². The van der Waals surface area contributed by atoms with E-state index in [4.69, 9.17) is 11.2 Å². The Hall–Kier alpha value is -0.520. The zero-order chi connectivity index (χ0) is 7.73. The molecular formula is C9H13NO. The highest BCUT2D eigenvalue weighted by Gasteiger charge is 2.57. The van der Waals surface area contributed by atoms with E-state index < -0.39 is 0 Å². The van der Waals surface area contributed by atoms with Gasteiger partial charge in [-0.15, -0.1) is 6.42 Å². The van der Waals surface area contributed by atoms with Crippen molar-refractivity contribution in [3.63, 3.8) is 0 Å². The molecule has 2 atom stereocenters. The van der Waals surface area contributed by atoms with Crippen molar-refractivity contribution in [3.8, 4) is 12.3 Å². The Bertz CT molecular complexity index is 196. The molecule has 0 aromatic rings. The molecule has 1 aliphatic heterocycles. The second kappa shape index (κ2) is 2.51. The van der Waals surface area contributed by atoms with Crippen molar-refractivity contribution in [2.75, 3.05) is 26.3 Å². The summed E-state index contributed by atoms with van der Waals surface area (Å²) >= 11 is 0. The van der Waals surface area contributed by atoms with E-state index in [-0.39, 0.29) is 0 Å². The molecule has 1 saturated carbocycles. The molecule has 1 N–H and O–H groups in total. The van der Waals surface area contributed by atoms with Crippen molar-refractivity contribution in [2.24, 2.45) is 11.3 Å². The number of hydrogen-bond acceptors (Lipinski definition) is 2. The fourth-order valence-electron chi connectivity index (χ4n) is 1.90. The van der Waals surface area contributed by atoms with Gasteiger partial charge in [0.2, 0.25) is 0 Å². The molecule has 2 aliphatic rings. The summed E-state index contributed by atoms with van der Waals surface area (Å²) in [6, 6.07) is 0. The molecule has 2 heteroatoms. The van der Waals surface area contributed by atoms with E-state index >= 15 is 0 Å². The van der Waals surface area contributed by atoms with Gasteiger partial charge in [0.1, 0.15) is 0 Å². The minimum Gasteiger partial charge on any atom is -0.380 e. The first-order valence-electron chi connectivity index (χ1n) is 4.09. The lowest BCUT2D eigenvalue weighted by molar-refractivity contribution is 0.146. The summed E-state index contributed by atoms with van der Waals surface area (Å²) in [6.07, 6.45) is 6.46. The van der Waals surface area contributed by atoms with E-state index in [2.05, 4.69) is 11.2 Å². The van der Waals surface area contributed by atoms with Gasteiger partial charge in [0.15, 0.2) is 0 Å². The van der Waals surface area contributed by atoms with Crippen LogP contribution in [-0.2, 0) is 4.74 Å². The van der Waals surface area contributed by atoms with Crippen LogP contribution in [0.1, 0.15) is 6.42 Å². The number of nitrogens with one attached hydrogen (secondary N) is 1. The summed E-state index contributed by atoms with van der Waals surface area (Å²) in [6.45, 7) is 3.64. The predicted octanol–water partition coefficient (Wildman–Crippen LogP) is 0.246. The third-order valence-corrected chi connectivity index (χ3v) is 2.77. The maximum Gasteiger partial charge on any atom is 0.0574 e. The maximum absolute atomic E-state index is 5.35. The maximum atomic E-state index is 5.35. The molecule has 0 aromatic carbocycles. The van der Waals surface area contributed by atoms with E-state index in [0.29, 0.717) is 12.0 Å². The van der Waals surface area contributed by atoms with E-state index in [1.807, 2.05) is 0 Å². The zero-order valence-electron chi connectivity index (χ0n) is 6.60. The van der Waals surface area contributed by atoms with Crippen molar-refractivity contribution in [1.29, 1.82) is 0 Å². The standard InChI is InChI=1S/C9H13NO/c1-2-3-10-6-9-4-8(9)5-11-7-9/h1,8,10H,3-7H2. The van der Waals surface area contributed by atoms with Crippen LogP contribution in [0.4, 0.5) is 0 Å². The Labute approximate surface area is 67.3 Å². The lowest BCUT2D eigenvalue weighted by Crippen LogP contribution is -2.26. The van der Waals surface area contributed by atoms with E-state index in [9.17, 15) is 0 Å². The average Bonchev–Trinajstić information content (AvgIpc) is 2.55. The topological polar surface area (TPSA) is 21.3 Å². The first kappa shape index (κ1) is 7.15. The third-order valence-electron chi connectivity index (χ3n) is 2.77. The highest BCUT2D eigenvalue weighted by molar-refractivity contribution is 5.07. The Balaban J connectivity index is 1.75. The number of rotatable bonds is 3. The van der Waals surface area contributed by atoms with Crippen molar-refractivity contribution in [3.05, 3.63) is 0 Å². The molecular weight excluding hydrogens is 138 g/mol. The summed E-state index contributed by atoms with van der Waals surface area (Å²) in [5.74, 6) is 3.40. The first-order chi connectivity index (χ1) is 5.37. The minimum absolute atomic E-state index is 0.483. The molecule has 1 heterocycles. The molecule has 0 spiro atoms. The lowest BCUT2D eigenvalue weighted by Gasteiger charge is -2.09. The van der Waals surface area contributed by atoms with Gasteiger partial charge in [-0.2, -0.15) is 0 Å². The molecule has 1 saturated heterocycles. The van der Waals surface area contributed by atoms with Crippen LogP contribution in [0.5, 0.6) is 0 Å². The SMILES string of the molecule is C#CCNCC12COCC1C2. The smallest absolute Gasteiger partial charge is 0.0574 e. The molecule has 11 heavy (non-hydrogen) atoms. The summed E-state index contributed by atoms with van der Waals surface area (Å²) in [5, 5.41) is 3.24. The van der Waals surface area contributed by atoms with Crippen LogP contribution >= 0.6 is 0 Å². The van der Waals surface area contributed by atoms with Crippen LogP contribution in [-0.4, -0.2) is 26.3 Å². The van der Waals surface area contributed by atoms with E-state index in [0.717, 1.165) is 25.7 Å². The summed E-state index contributed by atoms with van der Waals surface area (Å²) in [4.78, 5) is 0. The second-order valence-corrected chi connectivity index (χ2v) is 3.59. The van der Waals surface area contributed by atoms with E-state index in [1.54, 1.807) is 0 Å². The van der Waals surface area contributed by atoms with Crippen LogP contribution in [0.2, 0.25) is 0 Å². The largest absolute Gasteiger partial charge is 0.380 e. The van der Waals surface area contributed by atoms with Gasteiger partial charge < -0.3 is 10.1 Å². The molecule has 0 radical (unpaired) electrons. The summed E-state index contributed by atoms with van der Waals surface area (Å²) in [5.41, 5.74) is 0.483. The Morgan fingerprint density at radius 1 is 1.73 bits per heavy atom. The van der Waals surface area contributed by atoms with Crippen LogP contribution in [0, 0.1) is 23.7 Å². The summed E-state index contributed by atoms with van der Waals surface area (Å²) in [7, 11) is 0. The molecule has 0 bridgehead atoms. The first-order valence-corrected chi connectivity index (χ1v) is 4.09. The fourth-order valence-corrected chi connectivity index (χ4v) is 1.90. The molecule has 60 valence electrons. The van der Waals surface area contributed by atoms with Gasteiger partial charge in [-0.1, -0.05) is 5.92 Å². The van der Waals surface area contributed by atoms with Gasteiger partial charge in [0.25, 0.3) is 0 Å². The van der Waals surface area contributed by atoms with Crippen molar-refractivity contribution < 1.29 is 4.74 Å². The molecule has 0 aromatic heterocycles. The Morgan fingerprint density at radius 2 is 2.64 bits per heavy atom. The normalized spacial score (nSPS) is 39.7. The number of terminal acetylenes is 1. The minimum atomic E-state index is 0.483. The fraction of sp³-hybridized carbons (Fsp3) is 0.778. The molecule has 2 nitrogen and oxygen atoms in total. The van der Waals surface area contributed by atoms with Crippen molar-refractivity contribution >= 4 is 0 Å². The zero-order valence-corrected chi connectivity index (χ0v) is 6.60. The van der Waals surface area contributed by atoms with Gasteiger partial charge in [-0.3, -0.25) is 0 Å². The average molecular weight is 151 g/mol. The van der Waals surface area contributed by atoms with Gasteiger partial charge in [-0.25, -0.2) is 0 Å². The highest BCUT2D eigenvalue weighted by Crippen LogP contribution is 2.56. The third kappa shape index (κ3) is 1.15. The molecule has 2 fully saturated rings. The predicted molar refractivity (Wildman–Crippen MR) is 43.1 cm³/mol. The van der Waals surface area contributed by atoms with Gasteiger partial charge in [-0.05, 0) is 12.3 Å². The second-order valence-electron chi connectivity index (χ2n) is 3.59. The van der Waals surface area contributed by atoms with Crippen LogP contribution in [0.15, 0.2) is 0 Å². The summed E-state index contributed by atoms with van der Waals surface area (Å²) < 4.78 is 5.35. The highest BCUT2D eigenvalue weighted by atomic mass is 16.5. The monoisotopic (exact) mass is 151 g/mol. The molecule has 2 rings (SSSR count). The van der Waals surface area contributed by atoms with Crippen LogP contribution in [0.25, 0.3) is 0 Å². The van der Waals surface area contributed by atoms with E-state index in [1.165, 1.54) is 6.42 Å². The van der Waals surface area contributed by atoms with Gasteiger partial charge in [0, 0.05) is 12.0 Å². The number of hydrogen-bond donors (Lipinski definition) is 1. The van der Waals surface area contributed by atoms with Crippen molar-refractivity contribution in [2.45, 2.75) is 6.42 Å². The molecule has 0 amide bonds. The Kier molecular flexibility index (Phi) is 1.63. The quantitative estimate of drug-likeness (QED) is 0.461. The number of ether oxygens (including phenoxy) is 1. The number of fused-ring (bicyclic) bond motifs is 1. The Morgan fingerprint density at radius 3 is 3.18 bits per heavy atom. The molecule has 2 unspecified atom stereocenters. The lowest BCUT2D eigenvalue weighted by atomic mass is 10.1.